The van der Waals surface area contributed by atoms with Gasteiger partial charge in [-0.2, -0.15) is 0 Å². The Labute approximate surface area is 177 Å². The van der Waals surface area contributed by atoms with Crippen LogP contribution in [-0.4, -0.2) is 24.8 Å². The Morgan fingerprint density at radius 2 is 1.69 bits per heavy atom. The Balaban J connectivity index is 2.30. The number of hydrogen-bond acceptors (Lipinski definition) is 6. The van der Waals surface area contributed by atoms with Crippen molar-refractivity contribution in [3.05, 3.63) is 63.9 Å². The van der Waals surface area contributed by atoms with E-state index < -0.39 is 19.5 Å². The molecule has 29 heavy (non-hydrogen) atoms. The number of hydrogen-bond donors (Lipinski definition) is 1. The summed E-state index contributed by atoms with van der Waals surface area (Å²) in [6, 6.07) is 9.33. The van der Waals surface area contributed by atoms with Gasteiger partial charge in [-0.05, 0) is 56.3 Å². The van der Waals surface area contributed by atoms with E-state index in [1.165, 1.54) is 30.3 Å². The zero-order valence-electron chi connectivity index (χ0n) is 15.5. The van der Waals surface area contributed by atoms with Crippen LogP contribution in [0, 0.1) is 5.82 Å². The van der Waals surface area contributed by atoms with Gasteiger partial charge in [0.15, 0.2) is 5.45 Å². The molecule has 0 saturated carbocycles. The molecule has 2 aromatic rings. The molecule has 2 rings (SSSR count). The quantitative estimate of drug-likeness (QED) is 0.215. The van der Waals surface area contributed by atoms with Crippen molar-refractivity contribution >= 4 is 48.0 Å². The molecule has 0 radical (unpaired) electrons. The fourth-order valence-corrected chi connectivity index (χ4v) is 4.06. The number of oxime groups is 1. The second-order valence-electron chi connectivity index (χ2n) is 5.39. The highest BCUT2D eigenvalue weighted by Gasteiger charge is 2.34. The van der Waals surface area contributed by atoms with Crippen LogP contribution < -0.4 is 5.32 Å². The maximum atomic E-state index is 13.3. The van der Waals surface area contributed by atoms with Crippen LogP contribution >= 0.6 is 30.8 Å². The highest BCUT2D eigenvalue weighted by atomic mass is 35.5. The van der Waals surface area contributed by atoms with Gasteiger partial charge >= 0.3 is 13.7 Å². The third-order valence-electron chi connectivity index (χ3n) is 3.34. The van der Waals surface area contributed by atoms with Crippen LogP contribution in [0.1, 0.15) is 19.4 Å². The number of rotatable bonds is 8. The molecule has 1 N–H and O–H groups in total. The summed E-state index contributed by atoms with van der Waals surface area (Å²) in [6.45, 7) is 3.33. The highest BCUT2D eigenvalue weighted by molar-refractivity contribution is 7.73. The number of benzene rings is 2. The number of halogens is 3. The van der Waals surface area contributed by atoms with E-state index in [2.05, 4.69) is 10.5 Å². The van der Waals surface area contributed by atoms with Gasteiger partial charge in [0.2, 0.25) is 0 Å². The fourth-order valence-electron chi connectivity index (χ4n) is 2.16. The molecule has 0 bridgehead atoms. The first kappa shape index (κ1) is 23.3. The smallest absolute Gasteiger partial charge is 0.304 e. The van der Waals surface area contributed by atoms with Crippen molar-refractivity contribution in [1.29, 1.82) is 0 Å². The van der Waals surface area contributed by atoms with E-state index in [0.29, 0.717) is 10.7 Å². The summed E-state index contributed by atoms with van der Waals surface area (Å²) in [6.07, 6.45) is -0.984. The van der Waals surface area contributed by atoms with Crippen LogP contribution in [0.15, 0.2) is 47.6 Å². The largest absolute Gasteiger partial charge is 0.437 e. The molecule has 0 atom stereocenters. The predicted molar refractivity (Wildman–Crippen MR) is 110 cm³/mol. The van der Waals surface area contributed by atoms with Crippen molar-refractivity contribution in [1.82, 2.24) is 0 Å². The summed E-state index contributed by atoms with van der Waals surface area (Å²) in [5.41, 5.74) is 0.241. The van der Waals surface area contributed by atoms with E-state index in [1.54, 1.807) is 13.8 Å². The highest BCUT2D eigenvalue weighted by Crippen LogP contribution is 2.51. The topological polar surface area (TPSA) is 86.2 Å². The molecule has 0 spiro atoms. The monoisotopic (exact) mass is 462 g/mol. The molecular formula is C18H18Cl2FN2O5P. The van der Waals surface area contributed by atoms with Crippen molar-refractivity contribution in [2.45, 2.75) is 13.8 Å². The Morgan fingerprint density at radius 3 is 2.24 bits per heavy atom. The molecule has 0 aliphatic heterocycles. The minimum absolute atomic E-state index is 0.0486. The van der Waals surface area contributed by atoms with Gasteiger partial charge in [-0.3, -0.25) is 14.7 Å². The van der Waals surface area contributed by atoms with Gasteiger partial charge < -0.3 is 9.05 Å². The molecule has 0 heterocycles. The molecule has 1 amide bonds. The number of amides is 1. The van der Waals surface area contributed by atoms with Gasteiger partial charge in [0.1, 0.15) is 5.82 Å². The molecule has 0 aromatic heterocycles. The lowest BCUT2D eigenvalue weighted by Crippen LogP contribution is -2.14. The summed E-state index contributed by atoms with van der Waals surface area (Å²) in [5.74, 6) is -0.506. The van der Waals surface area contributed by atoms with E-state index in [1.807, 2.05) is 0 Å². The Morgan fingerprint density at radius 1 is 1.07 bits per heavy atom. The third-order valence-corrected chi connectivity index (χ3v) is 6.13. The van der Waals surface area contributed by atoms with Crippen LogP contribution in [0.2, 0.25) is 10.0 Å². The van der Waals surface area contributed by atoms with Crippen molar-refractivity contribution < 1.29 is 27.6 Å². The third kappa shape index (κ3) is 6.52. The first-order valence-electron chi connectivity index (χ1n) is 8.45. The number of anilines is 1. The lowest BCUT2D eigenvalue weighted by Gasteiger charge is -2.18. The molecule has 11 heteroatoms. The Hall–Kier alpha value is -1.96. The summed E-state index contributed by atoms with van der Waals surface area (Å²) in [5, 5.41) is 6.63. The minimum atomic E-state index is -3.94. The molecule has 0 unspecified atom stereocenters. The van der Waals surface area contributed by atoms with Gasteiger partial charge in [0.25, 0.3) is 0 Å². The van der Waals surface area contributed by atoms with E-state index in [-0.39, 0.29) is 29.3 Å². The molecule has 0 aliphatic rings. The second-order valence-corrected chi connectivity index (χ2v) is 8.14. The van der Waals surface area contributed by atoms with E-state index >= 15 is 0 Å². The van der Waals surface area contributed by atoms with Gasteiger partial charge in [0, 0.05) is 11.3 Å². The summed E-state index contributed by atoms with van der Waals surface area (Å²) in [4.78, 5) is 16.9. The summed E-state index contributed by atoms with van der Waals surface area (Å²) >= 11 is 11.7. The van der Waals surface area contributed by atoms with Crippen molar-refractivity contribution in [3.8, 4) is 0 Å². The van der Waals surface area contributed by atoms with Crippen LogP contribution in [0.25, 0.3) is 0 Å². The minimum Gasteiger partial charge on any atom is -0.304 e. The molecule has 156 valence electrons. The maximum Gasteiger partial charge on any atom is 0.437 e. The second kappa shape index (κ2) is 10.7. The fraction of sp³-hybridized carbons (Fsp3) is 0.222. The van der Waals surface area contributed by atoms with Gasteiger partial charge in [-0.1, -0.05) is 28.4 Å². The molecule has 0 fully saturated rings. The lowest BCUT2D eigenvalue weighted by molar-refractivity contribution is 0.166. The molecular weight excluding hydrogens is 445 g/mol. The average Bonchev–Trinajstić information content (AvgIpc) is 2.66. The summed E-state index contributed by atoms with van der Waals surface area (Å²) < 4.78 is 36.9. The Bertz CT molecular complexity index is 930. The van der Waals surface area contributed by atoms with Crippen molar-refractivity contribution in [2.24, 2.45) is 5.16 Å². The van der Waals surface area contributed by atoms with Crippen LogP contribution in [0.3, 0.4) is 0 Å². The number of nitrogens with zero attached hydrogens (tertiary/aromatic N) is 1. The first-order valence-corrected chi connectivity index (χ1v) is 10.8. The van der Waals surface area contributed by atoms with Gasteiger partial charge in [-0.25, -0.2) is 9.18 Å². The summed E-state index contributed by atoms with van der Waals surface area (Å²) in [7, 11) is -3.94. The van der Waals surface area contributed by atoms with Crippen LogP contribution in [0.4, 0.5) is 14.9 Å². The van der Waals surface area contributed by atoms with Crippen LogP contribution in [-0.2, 0) is 18.5 Å². The maximum absolute atomic E-state index is 13.3. The van der Waals surface area contributed by atoms with Gasteiger partial charge in [0.05, 0.1) is 23.3 Å². The molecule has 0 saturated heterocycles. The van der Waals surface area contributed by atoms with Crippen LogP contribution in [0.5, 0.6) is 0 Å². The SMILES string of the molecule is CCOP(=O)(OCC)C(=NOC(=O)Nc1ccc(Cl)c(Cl)c1)c1ccc(F)cc1. The molecule has 0 aliphatic carbocycles. The first-order chi connectivity index (χ1) is 13.8. The predicted octanol–water partition coefficient (Wildman–Crippen LogP) is 6.31. The van der Waals surface area contributed by atoms with E-state index in [4.69, 9.17) is 37.1 Å². The lowest BCUT2D eigenvalue weighted by atomic mass is 10.2. The zero-order chi connectivity index (χ0) is 21.4. The zero-order valence-corrected chi connectivity index (χ0v) is 17.9. The van der Waals surface area contributed by atoms with E-state index in [9.17, 15) is 13.8 Å². The standard InChI is InChI=1S/C18H18Cl2FN2O5P/c1-3-26-29(25,27-4-2)17(12-5-7-13(21)8-6-12)23-28-18(24)22-14-9-10-15(19)16(20)11-14/h5-11H,3-4H2,1-2H3,(H,22,24). The van der Waals surface area contributed by atoms with E-state index in [0.717, 1.165) is 12.1 Å². The number of carbonyl (C=O) groups excluding carboxylic acids is 1. The average molecular weight is 463 g/mol. The number of nitrogens with one attached hydrogen (secondary N) is 1. The normalized spacial score (nSPS) is 12.0. The number of carbonyl (C=O) groups is 1. The molecule has 7 nitrogen and oxygen atoms in total. The van der Waals surface area contributed by atoms with Crippen molar-refractivity contribution in [2.75, 3.05) is 18.5 Å². The van der Waals surface area contributed by atoms with Gasteiger partial charge in [-0.15, -0.1) is 0 Å². The van der Waals surface area contributed by atoms with Crippen molar-refractivity contribution in [3.63, 3.8) is 0 Å². The molecule has 2 aromatic carbocycles. The Kier molecular flexibility index (Phi) is 8.61.